The number of ether oxygens (including phenoxy) is 1. The summed E-state index contributed by atoms with van der Waals surface area (Å²) in [5.74, 6) is 1.66. The number of piperazine rings is 1. The highest BCUT2D eigenvalue weighted by Crippen LogP contribution is 2.37. The van der Waals surface area contributed by atoms with Gasteiger partial charge < -0.3 is 25.0 Å². The summed E-state index contributed by atoms with van der Waals surface area (Å²) in [6.07, 6.45) is 4.77. The maximum Gasteiger partial charge on any atom is 0.278 e. The van der Waals surface area contributed by atoms with Crippen molar-refractivity contribution in [1.82, 2.24) is 29.2 Å². The molecule has 0 aliphatic carbocycles. The van der Waals surface area contributed by atoms with Crippen LogP contribution in [-0.4, -0.2) is 73.7 Å². The lowest BCUT2D eigenvalue weighted by molar-refractivity contribution is 0.0782. The number of likely N-dealkylation sites (N-methyl/N-ethyl adjacent to an activating group) is 1. The smallest absolute Gasteiger partial charge is 0.278 e. The first-order valence-electron chi connectivity index (χ1n) is 13.0. The van der Waals surface area contributed by atoms with E-state index in [4.69, 9.17) is 9.72 Å². The highest BCUT2D eigenvalue weighted by molar-refractivity contribution is 5.77. The molecule has 2 aliphatic heterocycles. The molecule has 5 heterocycles. The number of nitrogens with zero attached hydrogens (tertiary/aromatic N) is 7. The quantitative estimate of drug-likeness (QED) is 0.365. The Kier molecular flexibility index (Phi) is 6.12. The summed E-state index contributed by atoms with van der Waals surface area (Å²) in [6, 6.07) is 9.91. The van der Waals surface area contributed by atoms with Crippen LogP contribution in [0.15, 0.2) is 60.2 Å². The minimum Gasteiger partial charge on any atom is -0.489 e. The van der Waals surface area contributed by atoms with Crippen molar-refractivity contribution in [3.05, 3.63) is 71.3 Å². The van der Waals surface area contributed by atoms with Crippen LogP contribution in [0, 0.1) is 0 Å². The normalized spacial score (nSPS) is 17.4. The number of aliphatic hydroxyl groups is 1. The third kappa shape index (κ3) is 4.53. The molecule has 0 bridgehead atoms. The number of pyridine rings is 1. The summed E-state index contributed by atoms with van der Waals surface area (Å²) in [4.78, 5) is 31.6. The molecule has 2 aliphatic rings. The molecule has 1 aromatic carbocycles. The van der Waals surface area contributed by atoms with Crippen LogP contribution in [0.5, 0.6) is 5.75 Å². The summed E-state index contributed by atoms with van der Waals surface area (Å²) in [6.45, 7) is 11.1. The van der Waals surface area contributed by atoms with E-state index in [1.807, 2.05) is 12.1 Å². The van der Waals surface area contributed by atoms with E-state index in [9.17, 15) is 9.90 Å². The largest absolute Gasteiger partial charge is 0.489 e. The van der Waals surface area contributed by atoms with Crippen molar-refractivity contribution in [3.63, 3.8) is 0 Å². The predicted molar refractivity (Wildman–Crippen MR) is 150 cm³/mol. The van der Waals surface area contributed by atoms with Gasteiger partial charge in [-0.1, -0.05) is 12.1 Å². The molecule has 0 unspecified atom stereocenters. The van der Waals surface area contributed by atoms with Gasteiger partial charge in [-0.15, -0.1) is 6.58 Å². The van der Waals surface area contributed by atoms with Crippen LogP contribution in [0.1, 0.15) is 19.4 Å². The second-order valence-electron chi connectivity index (χ2n) is 10.6. The van der Waals surface area contributed by atoms with Gasteiger partial charge in [0.25, 0.3) is 5.56 Å². The second kappa shape index (κ2) is 9.51. The molecule has 11 nitrogen and oxygen atoms in total. The van der Waals surface area contributed by atoms with Crippen LogP contribution in [0.4, 0.5) is 17.3 Å². The molecule has 4 aromatic rings. The summed E-state index contributed by atoms with van der Waals surface area (Å²) in [7, 11) is 2.14. The Bertz CT molecular complexity index is 1600. The van der Waals surface area contributed by atoms with Gasteiger partial charge in [-0.2, -0.15) is 4.98 Å². The van der Waals surface area contributed by atoms with E-state index in [1.165, 1.54) is 10.9 Å². The van der Waals surface area contributed by atoms with Gasteiger partial charge in [0.1, 0.15) is 17.7 Å². The zero-order valence-corrected chi connectivity index (χ0v) is 22.3. The molecular weight excluding hydrogens is 496 g/mol. The van der Waals surface area contributed by atoms with Crippen molar-refractivity contribution in [2.24, 2.45) is 0 Å². The van der Waals surface area contributed by atoms with Gasteiger partial charge in [-0.25, -0.2) is 19.3 Å². The topological polar surface area (TPSA) is 114 Å². The van der Waals surface area contributed by atoms with E-state index >= 15 is 0 Å². The fraction of sp³-hybridized carbons (Fsp3) is 0.357. The summed E-state index contributed by atoms with van der Waals surface area (Å²) in [5, 5.41) is 14.0. The van der Waals surface area contributed by atoms with Gasteiger partial charge in [0.15, 0.2) is 11.5 Å². The highest BCUT2D eigenvalue weighted by atomic mass is 16.5. The van der Waals surface area contributed by atoms with E-state index < -0.39 is 5.60 Å². The average Bonchev–Trinajstić information content (AvgIpc) is 3.18. The zero-order valence-electron chi connectivity index (χ0n) is 22.3. The first kappa shape index (κ1) is 25.1. The first-order valence-corrected chi connectivity index (χ1v) is 13.0. The molecule has 39 heavy (non-hydrogen) atoms. The Morgan fingerprint density at radius 1 is 1.21 bits per heavy atom. The highest BCUT2D eigenvalue weighted by Gasteiger charge is 2.31. The number of fused-ring (bicyclic) bond motifs is 4. The predicted octanol–water partition coefficient (Wildman–Crippen LogP) is 2.65. The van der Waals surface area contributed by atoms with E-state index in [2.05, 4.69) is 44.8 Å². The number of anilines is 3. The maximum absolute atomic E-state index is 13.2. The maximum atomic E-state index is 13.2. The van der Waals surface area contributed by atoms with E-state index in [1.54, 1.807) is 42.9 Å². The van der Waals surface area contributed by atoms with E-state index in [0.29, 0.717) is 41.0 Å². The first-order chi connectivity index (χ1) is 18.7. The fourth-order valence-electron chi connectivity index (χ4n) is 5.21. The molecule has 1 saturated heterocycles. The second-order valence-corrected chi connectivity index (χ2v) is 10.6. The molecule has 2 N–H and O–H groups in total. The number of benzene rings is 1. The minimum atomic E-state index is -1.03. The molecule has 0 spiro atoms. The van der Waals surface area contributed by atoms with Crippen molar-refractivity contribution in [1.29, 1.82) is 0 Å². The van der Waals surface area contributed by atoms with Crippen molar-refractivity contribution in [2.45, 2.75) is 32.0 Å². The lowest BCUT2D eigenvalue weighted by atomic mass is 10.0. The lowest BCUT2D eigenvalue weighted by Gasteiger charge is -2.44. The standard InChI is InChI=1S/C28H32N8O3/c1-5-10-35-26(37)21-15-30-27(32-25(21)36(35)24-9-6-18(14-29-24)28(2,3)38)31-19-7-8-22-23(13-19)39-17-20-16-33(4)11-12-34(20)22/h5-9,13-15,20,38H,1,10-12,16-17H2,2-4H3,(H,30,31,32)/t20-/m0/s1. The Labute approximate surface area is 226 Å². The Hall–Kier alpha value is -4.22. The third-order valence-corrected chi connectivity index (χ3v) is 7.29. The van der Waals surface area contributed by atoms with E-state index in [-0.39, 0.29) is 12.1 Å². The van der Waals surface area contributed by atoms with Crippen molar-refractivity contribution >= 4 is 28.4 Å². The van der Waals surface area contributed by atoms with Gasteiger partial charge in [0.05, 0.1) is 23.9 Å². The van der Waals surface area contributed by atoms with Crippen molar-refractivity contribution < 1.29 is 9.84 Å². The van der Waals surface area contributed by atoms with Crippen LogP contribution >= 0.6 is 0 Å². The number of hydrogen-bond acceptors (Lipinski definition) is 9. The van der Waals surface area contributed by atoms with Gasteiger partial charge >= 0.3 is 0 Å². The van der Waals surface area contributed by atoms with Gasteiger partial charge in [-0.05, 0) is 39.1 Å². The van der Waals surface area contributed by atoms with Gasteiger partial charge in [0, 0.05) is 49.3 Å². The molecule has 0 amide bonds. The lowest BCUT2D eigenvalue weighted by Crippen LogP contribution is -2.56. The van der Waals surface area contributed by atoms with Crippen LogP contribution in [-0.2, 0) is 12.1 Å². The molecule has 0 saturated carbocycles. The Morgan fingerprint density at radius 3 is 2.79 bits per heavy atom. The third-order valence-electron chi connectivity index (χ3n) is 7.29. The number of nitrogens with one attached hydrogen (secondary N) is 1. The van der Waals surface area contributed by atoms with Crippen molar-refractivity contribution in [2.75, 3.05) is 43.5 Å². The van der Waals surface area contributed by atoms with Crippen molar-refractivity contribution in [3.8, 4) is 11.6 Å². The van der Waals surface area contributed by atoms with Gasteiger partial charge in [0.2, 0.25) is 5.95 Å². The monoisotopic (exact) mass is 528 g/mol. The molecule has 202 valence electrons. The van der Waals surface area contributed by atoms with E-state index in [0.717, 1.165) is 36.8 Å². The molecule has 6 rings (SSSR count). The number of hydrogen-bond donors (Lipinski definition) is 2. The molecular formula is C28H32N8O3. The van der Waals surface area contributed by atoms with Crippen LogP contribution in [0.25, 0.3) is 16.9 Å². The number of rotatable bonds is 6. The molecule has 11 heteroatoms. The zero-order chi connectivity index (χ0) is 27.3. The van der Waals surface area contributed by atoms with Crippen LogP contribution < -0.4 is 20.5 Å². The average molecular weight is 529 g/mol. The van der Waals surface area contributed by atoms with Crippen LogP contribution in [0.3, 0.4) is 0 Å². The number of allylic oxidation sites excluding steroid dienone is 1. The number of aromatic nitrogens is 5. The summed E-state index contributed by atoms with van der Waals surface area (Å²) in [5.41, 5.74) is 1.68. The molecule has 3 aromatic heterocycles. The molecule has 0 radical (unpaired) electrons. The Morgan fingerprint density at radius 2 is 2.05 bits per heavy atom. The fourth-order valence-corrected chi connectivity index (χ4v) is 5.21. The van der Waals surface area contributed by atoms with Crippen LogP contribution in [0.2, 0.25) is 0 Å². The Balaban J connectivity index is 1.35. The summed E-state index contributed by atoms with van der Waals surface area (Å²) < 4.78 is 9.28. The van der Waals surface area contributed by atoms with Gasteiger partial charge in [-0.3, -0.25) is 4.79 Å². The SMILES string of the molecule is C=CCn1c(=O)c2cnc(Nc3ccc4c(c3)OC[C@@H]3CN(C)CCN43)nc2n1-c1ccc(C(C)(C)O)cn1. The molecule has 1 fully saturated rings. The summed E-state index contributed by atoms with van der Waals surface area (Å²) >= 11 is 0. The minimum absolute atomic E-state index is 0.242. The molecule has 1 atom stereocenters.